The van der Waals surface area contributed by atoms with Crippen molar-refractivity contribution < 1.29 is 9.53 Å². The van der Waals surface area contributed by atoms with Gasteiger partial charge in [0.2, 0.25) is 5.91 Å². The van der Waals surface area contributed by atoms with E-state index in [-0.39, 0.29) is 5.91 Å². The highest BCUT2D eigenvalue weighted by atomic mass is 16.5. The molecule has 3 saturated heterocycles. The number of nitrogens with zero attached hydrogens (tertiary/aromatic N) is 2. The molecule has 2 bridgehead atoms. The van der Waals surface area contributed by atoms with Gasteiger partial charge >= 0.3 is 0 Å². The molecule has 3 aliphatic rings. The standard InChI is InChI=1S/C19H24N2O2/c1-12-19(17-11-20-8-6-14(17)7-9-20)16-10-15(23-3)4-5-18(16)21(12)13(2)22/h4-5,10,14,17H,6-9,11H2,1-3H3. The smallest absolute Gasteiger partial charge is 0.228 e. The van der Waals surface area contributed by atoms with Crippen LogP contribution in [0.15, 0.2) is 18.2 Å². The number of carbonyl (C=O) groups excluding carboxylic acids is 1. The average molecular weight is 312 g/mol. The van der Waals surface area contributed by atoms with Gasteiger partial charge in [0.25, 0.3) is 0 Å². The summed E-state index contributed by atoms with van der Waals surface area (Å²) in [6, 6.07) is 6.07. The predicted octanol–water partition coefficient (Wildman–Crippen LogP) is 3.43. The van der Waals surface area contributed by atoms with Gasteiger partial charge in [-0.1, -0.05) is 0 Å². The van der Waals surface area contributed by atoms with Gasteiger partial charge in [-0.15, -0.1) is 0 Å². The molecule has 0 spiro atoms. The van der Waals surface area contributed by atoms with E-state index in [4.69, 9.17) is 4.74 Å². The molecule has 2 aromatic rings. The lowest BCUT2D eigenvalue weighted by molar-refractivity contribution is 0.0868. The number of fused-ring (bicyclic) bond motifs is 4. The Hall–Kier alpha value is -1.81. The molecule has 4 heterocycles. The van der Waals surface area contributed by atoms with Crippen molar-refractivity contribution in [3.8, 4) is 5.75 Å². The van der Waals surface area contributed by atoms with Crippen LogP contribution in [-0.2, 0) is 0 Å². The van der Waals surface area contributed by atoms with Gasteiger partial charge in [0.05, 0.1) is 12.6 Å². The maximum absolute atomic E-state index is 12.2. The Kier molecular flexibility index (Phi) is 3.45. The number of methoxy groups -OCH3 is 1. The van der Waals surface area contributed by atoms with Crippen LogP contribution < -0.4 is 4.74 Å². The van der Waals surface area contributed by atoms with Gasteiger partial charge in [-0.05, 0) is 62.5 Å². The molecule has 3 fully saturated rings. The van der Waals surface area contributed by atoms with E-state index in [9.17, 15) is 4.79 Å². The third-order valence-corrected chi connectivity index (χ3v) is 5.80. The van der Waals surface area contributed by atoms with Gasteiger partial charge in [0.15, 0.2) is 0 Å². The molecule has 0 N–H and O–H groups in total. The first-order valence-electron chi connectivity index (χ1n) is 8.52. The second kappa shape index (κ2) is 5.38. The van der Waals surface area contributed by atoms with Gasteiger partial charge in [0, 0.05) is 30.5 Å². The second-order valence-corrected chi connectivity index (χ2v) is 6.98. The molecular formula is C19H24N2O2. The highest BCUT2D eigenvalue weighted by Gasteiger charge is 2.37. The van der Waals surface area contributed by atoms with Crippen molar-refractivity contribution >= 4 is 16.8 Å². The van der Waals surface area contributed by atoms with E-state index in [0.29, 0.717) is 5.92 Å². The monoisotopic (exact) mass is 312 g/mol. The maximum atomic E-state index is 12.2. The largest absolute Gasteiger partial charge is 0.497 e. The van der Waals surface area contributed by atoms with Crippen molar-refractivity contribution in [2.75, 3.05) is 26.7 Å². The lowest BCUT2D eigenvalue weighted by Crippen LogP contribution is -2.46. The lowest BCUT2D eigenvalue weighted by Gasteiger charge is -2.45. The molecule has 1 unspecified atom stereocenters. The average Bonchev–Trinajstić information content (AvgIpc) is 2.86. The molecule has 4 nitrogen and oxygen atoms in total. The Morgan fingerprint density at radius 1 is 1.26 bits per heavy atom. The third kappa shape index (κ3) is 2.19. The SMILES string of the molecule is COc1ccc2c(c1)c(C1CN3CCC1CC3)c(C)n2C(C)=O. The summed E-state index contributed by atoms with van der Waals surface area (Å²) in [7, 11) is 1.70. The van der Waals surface area contributed by atoms with Crippen molar-refractivity contribution in [3.63, 3.8) is 0 Å². The summed E-state index contributed by atoms with van der Waals surface area (Å²) in [5.74, 6) is 2.23. The Labute approximate surface area is 137 Å². The van der Waals surface area contributed by atoms with Crippen molar-refractivity contribution in [1.29, 1.82) is 0 Å². The molecule has 4 heteroatoms. The van der Waals surface area contributed by atoms with Crippen LogP contribution >= 0.6 is 0 Å². The molecule has 3 aliphatic heterocycles. The Balaban J connectivity index is 1.94. The first-order chi connectivity index (χ1) is 11.1. The Bertz CT molecular complexity index is 769. The molecule has 0 aliphatic carbocycles. The number of ether oxygens (including phenoxy) is 1. The minimum atomic E-state index is 0.0881. The van der Waals surface area contributed by atoms with E-state index in [2.05, 4.69) is 17.9 Å². The fourth-order valence-corrected chi connectivity index (χ4v) is 4.71. The molecule has 1 aromatic carbocycles. The van der Waals surface area contributed by atoms with E-state index in [1.165, 1.54) is 36.9 Å². The van der Waals surface area contributed by atoms with Gasteiger partial charge in [-0.3, -0.25) is 9.36 Å². The molecule has 1 atom stereocenters. The highest BCUT2D eigenvalue weighted by molar-refractivity contribution is 5.96. The fraction of sp³-hybridized carbons (Fsp3) is 0.526. The number of hydrogen-bond donors (Lipinski definition) is 0. The lowest BCUT2D eigenvalue weighted by atomic mass is 9.75. The zero-order valence-corrected chi connectivity index (χ0v) is 14.1. The van der Waals surface area contributed by atoms with Crippen LogP contribution in [0, 0.1) is 12.8 Å². The van der Waals surface area contributed by atoms with Crippen molar-refractivity contribution in [2.45, 2.75) is 32.6 Å². The summed E-state index contributed by atoms with van der Waals surface area (Å²) in [6.45, 7) is 7.33. The molecule has 0 amide bonds. The topological polar surface area (TPSA) is 34.5 Å². The van der Waals surface area contributed by atoms with Crippen molar-refractivity contribution in [2.24, 2.45) is 5.92 Å². The van der Waals surface area contributed by atoms with Crippen LogP contribution in [0.4, 0.5) is 0 Å². The minimum absolute atomic E-state index is 0.0881. The van der Waals surface area contributed by atoms with Gasteiger partial charge in [-0.25, -0.2) is 0 Å². The van der Waals surface area contributed by atoms with E-state index in [1.54, 1.807) is 14.0 Å². The first-order valence-corrected chi connectivity index (χ1v) is 8.52. The quantitative estimate of drug-likeness (QED) is 0.852. The van der Waals surface area contributed by atoms with Crippen LogP contribution in [0.3, 0.4) is 0 Å². The van der Waals surface area contributed by atoms with Crippen LogP contribution in [0.25, 0.3) is 10.9 Å². The molecule has 1 aromatic heterocycles. The molecular weight excluding hydrogens is 288 g/mol. The number of carbonyl (C=O) groups is 1. The van der Waals surface area contributed by atoms with E-state index >= 15 is 0 Å². The summed E-state index contributed by atoms with van der Waals surface area (Å²) < 4.78 is 7.31. The normalized spacial score (nSPS) is 26.7. The van der Waals surface area contributed by atoms with E-state index in [1.807, 2.05) is 16.7 Å². The Morgan fingerprint density at radius 3 is 2.57 bits per heavy atom. The van der Waals surface area contributed by atoms with E-state index in [0.717, 1.165) is 29.4 Å². The highest BCUT2D eigenvalue weighted by Crippen LogP contribution is 2.44. The maximum Gasteiger partial charge on any atom is 0.228 e. The van der Waals surface area contributed by atoms with Crippen molar-refractivity contribution in [1.82, 2.24) is 9.47 Å². The summed E-state index contributed by atoms with van der Waals surface area (Å²) in [6.07, 6.45) is 2.56. The summed E-state index contributed by atoms with van der Waals surface area (Å²) >= 11 is 0. The molecule has 5 rings (SSSR count). The summed E-state index contributed by atoms with van der Waals surface area (Å²) in [5, 5.41) is 1.19. The third-order valence-electron chi connectivity index (χ3n) is 5.80. The zero-order valence-electron chi connectivity index (χ0n) is 14.1. The molecule has 23 heavy (non-hydrogen) atoms. The fourth-order valence-electron chi connectivity index (χ4n) is 4.71. The van der Waals surface area contributed by atoms with Gasteiger partial charge in [0.1, 0.15) is 5.75 Å². The number of hydrogen-bond acceptors (Lipinski definition) is 3. The number of piperidine rings is 3. The minimum Gasteiger partial charge on any atom is -0.497 e. The van der Waals surface area contributed by atoms with Crippen LogP contribution in [-0.4, -0.2) is 42.1 Å². The van der Waals surface area contributed by atoms with Gasteiger partial charge < -0.3 is 9.64 Å². The Morgan fingerprint density at radius 2 is 2.00 bits per heavy atom. The van der Waals surface area contributed by atoms with Crippen LogP contribution in [0.5, 0.6) is 5.75 Å². The number of benzene rings is 1. The zero-order chi connectivity index (χ0) is 16.1. The van der Waals surface area contributed by atoms with Gasteiger partial charge in [-0.2, -0.15) is 0 Å². The predicted molar refractivity (Wildman–Crippen MR) is 91.4 cm³/mol. The van der Waals surface area contributed by atoms with Crippen LogP contribution in [0.1, 0.15) is 41.7 Å². The van der Waals surface area contributed by atoms with Crippen LogP contribution in [0.2, 0.25) is 0 Å². The second-order valence-electron chi connectivity index (χ2n) is 6.98. The van der Waals surface area contributed by atoms with E-state index < -0.39 is 0 Å². The summed E-state index contributed by atoms with van der Waals surface area (Å²) in [5.41, 5.74) is 3.49. The molecule has 122 valence electrons. The number of rotatable bonds is 2. The summed E-state index contributed by atoms with van der Waals surface area (Å²) in [4.78, 5) is 14.8. The molecule has 0 saturated carbocycles. The first kappa shape index (κ1) is 14.8. The van der Waals surface area contributed by atoms with Crippen molar-refractivity contribution in [3.05, 3.63) is 29.5 Å². The number of aromatic nitrogens is 1. The molecule has 0 radical (unpaired) electrons.